The smallest absolute Gasteiger partial charge is 0.253 e. The Bertz CT molecular complexity index is 1570. The third-order valence-corrected chi connectivity index (χ3v) is 7.59. The molecule has 1 saturated heterocycles. The average Bonchev–Trinajstić information content (AvgIpc) is 3.77. The molecule has 2 aromatic heterocycles. The Balaban J connectivity index is 1.11. The monoisotopic (exact) mass is 537 g/mol. The molecule has 1 aliphatic carbocycles. The zero-order valence-corrected chi connectivity index (χ0v) is 22.5. The Kier molecular flexibility index (Phi) is 7.02. The first-order valence-electron chi connectivity index (χ1n) is 13.6. The average molecular weight is 538 g/mol. The lowest BCUT2D eigenvalue weighted by atomic mass is 10.0. The van der Waals surface area contributed by atoms with Crippen molar-refractivity contribution in [2.75, 3.05) is 33.3 Å². The van der Waals surface area contributed by atoms with Crippen LogP contribution in [0, 0.1) is 0 Å². The number of ketones is 1. The molecule has 2 aliphatic rings. The summed E-state index contributed by atoms with van der Waals surface area (Å²) in [6.07, 6.45) is 4.25. The summed E-state index contributed by atoms with van der Waals surface area (Å²) in [6.45, 7) is 2.04. The summed E-state index contributed by atoms with van der Waals surface area (Å²) in [4.78, 5) is 47.0. The fourth-order valence-corrected chi connectivity index (χ4v) is 5.20. The Labute approximate surface area is 232 Å². The van der Waals surface area contributed by atoms with E-state index in [9.17, 15) is 14.4 Å². The topological polar surface area (TPSA) is 97.6 Å². The van der Waals surface area contributed by atoms with Gasteiger partial charge in [-0.2, -0.15) is 5.10 Å². The van der Waals surface area contributed by atoms with Crippen LogP contribution in [-0.4, -0.2) is 75.5 Å². The van der Waals surface area contributed by atoms with Crippen LogP contribution in [0.1, 0.15) is 50.9 Å². The molecule has 0 spiro atoms. The number of hydrogen-bond acceptors (Lipinski definition) is 6. The zero-order chi connectivity index (χ0) is 27.6. The number of piperazine rings is 1. The minimum atomic E-state index is -0.0624. The van der Waals surface area contributed by atoms with Crippen LogP contribution in [0.4, 0.5) is 0 Å². The second-order valence-electron chi connectivity index (χ2n) is 10.4. The number of nitrogens with zero attached hydrogens (tertiary/aromatic N) is 5. The predicted octanol–water partition coefficient (Wildman–Crippen LogP) is 3.73. The van der Waals surface area contributed by atoms with Crippen LogP contribution < -0.4 is 4.74 Å². The van der Waals surface area contributed by atoms with Gasteiger partial charge in [0.2, 0.25) is 5.91 Å². The van der Waals surface area contributed by atoms with Crippen LogP contribution in [0.3, 0.4) is 0 Å². The van der Waals surface area contributed by atoms with Gasteiger partial charge < -0.3 is 14.5 Å². The molecule has 40 heavy (non-hydrogen) atoms. The third kappa shape index (κ3) is 5.45. The van der Waals surface area contributed by atoms with Gasteiger partial charge in [0.1, 0.15) is 18.0 Å². The molecule has 3 heterocycles. The SMILES string of the molecule is COc1cc2nn(CC(=O)N3CCN(C(=O)c4ccccc4)CC3)cc2cc1CC(=O)c1cccc(C2CC2)n1. The van der Waals surface area contributed by atoms with Crippen LogP contribution in [0.15, 0.2) is 66.9 Å². The fourth-order valence-electron chi connectivity index (χ4n) is 5.20. The Morgan fingerprint density at radius 1 is 0.925 bits per heavy atom. The van der Waals surface area contributed by atoms with Crippen LogP contribution in [-0.2, 0) is 17.8 Å². The van der Waals surface area contributed by atoms with E-state index in [4.69, 9.17) is 4.74 Å². The van der Waals surface area contributed by atoms with Gasteiger partial charge in [-0.25, -0.2) is 4.98 Å². The lowest BCUT2D eigenvalue weighted by Crippen LogP contribution is -2.51. The number of Topliss-reactive ketones (excluding diaryl/α,β-unsaturated/α-hetero) is 1. The van der Waals surface area contributed by atoms with Crippen molar-refractivity contribution in [3.8, 4) is 5.75 Å². The first kappa shape index (κ1) is 25.7. The molecular weight excluding hydrogens is 506 g/mol. The summed E-state index contributed by atoms with van der Waals surface area (Å²) < 4.78 is 7.20. The van der Waals surface area contributed by atoms with Crippen molar-refractivity contribution >= 4 is 28.5 Å². The molecule has 0 radical (unpaired) electrons. The lowest BCUT2D eigenvalue weighted by Gasteiger charge is -2.34. The Hall–Kier alpha value is -4.53. The Morgan fingerprint density at radius 3 is 2.40 bits per heavy atom. The number of ether oxygens (including phenoxy) is 1. The number of pyridine rings is 1. The van der Waals surface area contributed by atoms with E-state index < -0.39 is 0 Å². The highest BCUT2D eigenvalue weighted by Crippen LogP contribution is 2.39. The van der Waals surface area contributed by atoms with Gasteiger partial charge in [0.15, 0.2) is 5.78 Å². The van der Waals surface area contributed by atoms with Crippen LogP contribution in [0.2, 0.25) is 0 Å². The molecule has 9 heteroatoms. The molecule has 0 N–H and O–H groups in total. The summed E-state index contributed by atoms with van der Waals surface area (Å²) in [7, 11) is 1.57. The molecule has 1 aliphatic heterocycles. The maximum Gasteiger partial charge on any atom is 0.253 e. The van der Waals surface area contributed by atoms with Crippen molar-refractivity contribution in [2.45, 2.75) is 31.7 Å². The Morgan fingerprint density at radius 2 is 1.68 bits per heavy atom. The van der Waals surface area contributed by atoms with Crippen molar-refractivity contribution < 1.29 is 19.1 Å². The van der Waals surface area contributed by atoms with E-state index in [-0.39, 0.29) is 30.6 Å². The van der Waals surface area contributed by atoms with Gasteiger partial charge in [0, 0.05) is 73.0 Å². The third-order valence-electron chi connectivity index (χ3n) is 7.59. The quantitative estimate of drug-likeness (QED) is 0.318. The molecule has 6 rings (SSSR count). The van der Waals surface area contributed by atoms with Crippen molar-refractivity contribution in [3.05, 3.63) is 89.4 Å². The molecule has 1 saturated carbocycles. The summed E-state index contributed by atoms with van der Waals surface area (Å²) in [6, 6.07) is 18.6. The fraction of sp³-hybridized carbons (Fsp3) is 0.323. The van der Waals surface area contributed by atoms with Gasteiger partial charge in [-0.3, -0.25) is 19.1 Å². The number of benzene rings is 2. The van der Waals surface area contributed by atoms with Gasteiger partial charge >= 0.3 is 0 Å². The molecule has 204 valence electrons. The molecule has 2 aromatic carbocycles. The molecule has 0 unspecified atom stereocenters. The zero-order valence-electron chi connectivity index (χ0n) is 22.5. The minimum Gasteiger partial charge on any atom is -0.496 e. The second-order valence-corrected chi connectivity index (χ2v) is 10.4. The van der Waals surface area contributed by atoms with Gasteiger partial charge in [-0.1, -0.05) is 24.3 Å². The van der Waals surface area contributed by atoms with Crippen molar-refractivity contribution in [3.63, 3.8) is 0 Å². The predicted molar refractivity (Wildman–Crippen MR) is 149 cm³/mol. The van der Waals surface area contributed by atoms with Crippen molar-refractivity contribution in [1.82, 2.24) is 24.6 Å². The number of amides is 2. The van der Waals surface area contributed by atoms with Gasteiger partial charge in [0.25, 0.3) is 5.91 Å². The number of rotatable bonds is 8. The van der Waals surface area contributed by atoms with Gasteiger partial charge in [-0.05, 0) is 43.2 Å². The van der Waals surface area contributed by atoms with E-state index in [2.05, 4.69) is 10.1 Å². The van der Waals surface area contributed by atoms with Gasteiger partial charge in [0.05, 0.1) is 12.6 Å². The summed E-state index contributed by atoms with van der Waals surface area (Å²) in [5.74, 6) is 0.930. The van der Waals surface area contributed by atoms with E-state index in [1.807, 2.05) is 54.7 Å². The van der Waals surface area contributed by atoms with E-state index in [1.54, 1.807) is 33.7 Å². The van der Waals surface area contributed by atoms with Crippen molar-refractivity contribution in [2.24, 2.45) is 0 Å². The molecule has 2 amide bonds. The number of methoxy groups -OCH3 is 1. The first-order chi connectivity index (χ1) is 19.5. The molecule has 9 nitrogen and oxygen atoms in total. The standard InChI is InChI=1S/C31H31N5O4/c1-40-29-18-27-24(16-23(29)17-28(37)26-9-5-8-25(32-26)21-10-11-21)19-36(33-27)20-30(38)34-12-14-35(15-13-34)31(39)22-6-3-2-4-7-22/h2-9,16,18-19,21H,10-15,17,20H2,1H3. The maximum atomic E-state index is 13.1. The number of fused-ring (bicyclic) bond motifs is 1. The van der Waals surface area contributed by atoms with Crippen LogP contribution in [0.5, 0.6) is 5.75 Å². The largest absolute Gasteiger partial charge is 0.496 e. The highest BCUT2D eigenvalue weighted by atomic mass is 16.5. The highest BCUT2D eigenvalue weighted by Gasteiger charge is 2.27. The second kappa shape index (κ2) is 10.9. The summed E-state index contributed by atoms with van der Waals surface area (Å²) in [5.41, 5.74) is 3.56. The van der Waals surface area contributed by atoms with E-state index in [0.717, 1.165) is 29.5 Å². The van der Waals surface area contributed by atoms with Gasteiger partial charge in [-0.15, -0.1) is 0 Å². The maximum absolute atomic E-state index is 13.1. The number of aromatic nitrogens is 3. The van der Waals surface area contributed by atoms with Crippen LogP contribution in [0.25, 0.3) is 10.9 Å². The molecule has 0 atom stereocenters. The molecule has 0 bridgehead atoms. The lowest BCUT2D eigenvalue weighted by molar-refractivity contribution is -0.133. The normalized spacial score (nSPS) is 15.3. The summed E-state index contributed by atoms with van der Waals surface area (Å²) >= 11 is 0. The van der Waals surface area contributed by atoms with E-state index in [0.29, 0.717) is 54.6 Å². The summed E-state index contributed by atoms with van der Waals surface area (Å²) in [5, 5.41) is 5.41. The number of carbonyl (C=O) groups is 3. The molecule has 2 fully saturated rings. The van der Waals surface area contributed by atoms with Crippen molar-refractivity contribution in [1.29, 1.82) is 0 Å². The number of carbonyl (C=O) groups excluding carboxylic acids is 3. The highest BCUT2D eigenvalue weighted by molar-refractivity contribution is 5.97. The first-order valence-corrected chi connectivity index (χ1v) is 13.6. The van der Waals surface area contributed by atoms with E-state index >= 15 is 0 Å². The van der Waals surface area contributed by atoms with Crippen LogP contribution >= 0.6 is 0 Å². The van der Waals surface area contributed by atoms with E-state index in [1.165, 1.54) is 0 Å². The minimum absolute atomic E-state index is 0.0133. The number of hydrogen-bond donors (Lipinski definition) is 0. The molecule has 4 aromatic rings. The molecular formula is C31H31N5O4.